The second-order valence-corrected chi connectivity index (χ2v) is 4.59. The Morgan fingerprint density at radius 2 is 2.29 bits per heavy atom. The average Bonchev–Trinajstić information content (AvgIpc) is 2.33. The molecule has 0 bridgehead atoms. The third-order valence-electron chi connectivity index (χ3n) is 2.70. The van der Waals surface area contributed by atoms with Crippen LogP contribution >= 0.6 is 23.8 Å². The van der Waals surface area contributed by atoms with Crippen LogP contribution in [0.25, 0.3) is 0 Å². The number of anilines is 1. The van der Waals surface area contributed by atoms with E-state index in [1.165, 1.54) is 6.07 Å². The topological polar surface area (TPSA) is 18.5 Å². The van der Waals surface area contributed by atoms with E-state index in [1.54, 1.807) is 12.1 Å². The monoisotopic (exact) mass is 273 g/mol. The Kier molecular flexibility index (Phi) is 3.81. The Balaban J connectivity index is 2.24. The molecule has 92 valence electrons. The molecule has 0 unspecified atom stereocenters. The first-order chi connectivity index (χ1) is 8.11. The number of rotatable bonds is 2. The summed E-state index contributed by atoms with van der Waals surface area (Å²) in [5.41, 5.74) is 0.798. The maximum absolute atomic E-state index is 13.1. The second-order valence-electron chi connectivity index (χ2n) is 3.79. The molecule has 1 saturated heterocycles. The molecule has 0 amide bonds. The predicted molar refractivity (Wildman–Crippen MR) is 71.7 cm³/mol. The lowest BCUT2D eigenvalue weighted by molar-refractivity contribution is 0.275. The van der Waals surface area contributed by atoms with E-state index < -0.39 is 5.82 Å². The Labute approximate surface area is 110 Å². The molecule has 0 aromatic heterocycles. The van der Waals surface area contributed by atoms with E-state index in [9.17, 15) is 4.39 Å². The zero-order chi connectivity index (χ0) is 12.4. The SMILES string of the molecule is CCN1CNC(=S)N(c2ccc(F)c(Cl)c2)C1. The number of hydrogen-bond acceptors (Lipinski definition) is 2. The van der Waals surface area contributed by atoms with Crippen molar-refractivity contribution in [2.75, 3.05) is 24.8 Å². The molecule has 3 nitrogen and oxygen atoms in total. The van der Waals surface area contributed by atoms with Gasteiger partial charge in [0.2, 0.25) is 0 Å². The first-order valence-electron chi connectivity index (χ1n) is 5.34. The van der Waals surface area contributed by atoms with Crippen LogP contribution in [0.15, 0.2) is 18.2 Å². The van der Waals surface area contributed by atoms with Crippen LogP contribution in [0.5, 0.6) is 0 Å². The van der Waals surface area contributed by atoms with Gasteiger partial charge in [0.25, 0.3) is 0 Å². The standard InChI is InChI=1S/C11H13ClFN3S/c1-2-15-6-14-11(17)16(7-15)8-3-4-10(13)9(12)5-8/h3-5H,2,6-7H2,1H3,(H,14,17). The van der Waals surface area contributed by atoms with Gasteiger partial charge in [0, 0.05) is 5.69 Å². The lowest BCUT2D eigenvalue weighted by Crippen LogP contribution is -2.56. The van der Waals surface area contributed by atoms with Gasteiger partial charge in [-0.3, -0.25) is 4.90 Å². The summed E-state index contributed by atoms with van der Waals surface area (Å²) in [7, 11) is 0. The lowest BCUT2D eigenvalue weighted by atomic mass is 10.3. The minimum absolute atomic E-state index is 0.110. The third-order valence-corrected chi connectivity index (χ3v) is 3.36. The lowest BCUT2D eigenvalue weighted by Gasteiger charge is -2.37. The quantitative estimate of drug-likeness (QED) is 0.834. The van der Waals surface area contributed by atoms with Crippen LogP contribution in [-0.4, -0.2) is 29.9 Å². The van der Waals surface area contributed by atoms with Crippen LogP contribution in [0.4, 0.5) is 10.1 Å². The molecule has 0 spiro atoms. The molecule has 0 radical (unpaired) electrons. The van der Waals surface area contributed by atoms with Gasteiger partial charge in [-0.25, -0.2) is 4.39 Å². The summed E-state index contributed by atoms with van der Waals surface area (Å²) in [6, 6.07) is 4.61. The fraction of sp³-hybridized carbons (Fsp3) is 0.364. The van der Waals surface area contributed by atoms with Crippen molar-refractivity contribution in [1.82, 2.24) is 10.2 Å². The van der Waals surface area contributed by atoms with E-state index in [1.807, 2.05) is 4.90 Å². The van der Waals surface area contributed by atoms with Crippen molar-refractivity contribution in [3.8, 4) is 0 Å². The van der Waals surface area contributed by atoms with Gasteiger partial charge in [0.15, 0.2) is 5.11 Å². The molecular formula is C11H13ClFN3S. The van der Waals surface area contributed by atoms with Crippen molar-refractivity contribution in [1.29, 1.82) is 0 Å². The van der Waals surface area contributed by atoms with Gasteiger partial charge in [-0.05, 0) is 37.0 Å². The normalized spacial score (nSPS) is 17.1. The largest absolute Gasteiger partial charge is 0.349 e. The highest BCUT2D eigenvalue weighted by atomic mass is 35.5. The van der Waals surface area contributed by atoms with E-state index >= 15 is 0 Å². The maximum atomic E-state index is 13.1. The highest BCUT2D eigenvalue weighted by molar-refractivity contribution is 7.80. The van der Waals surface area contributed by atoms with Crippen LogP contribution < -0.4 is 10.2 Å². The first-order valence-corrected chi connectivity index (χ1v) is 6.13. The maximum Gasteiger partial charge on any atom is 0.175 e. The summed E-state index contributed by atoms with van der Waals surface area (Å²) < 4.78 is 13.1. The highest BCUT2D eigenvalue weighted by Crippen LogP contribution is 2.23. The van der Waals surface area contributed by atoms with Gasteiger partial charge in [0.1, 0.15) is 5.82 Å². The zero-order valence-electron chi connectivity index (χ0n) is 9.41. The Hall–Kier alpha value is -0.910. The molecule has 0 saturated carbocycles. The van der Waals surface area contributed by atoms with E-state index in [-0.39, 0.29) is 5.02 Å². The van der Waals surface area contributed by atoms with Crippen LogP contribution in [0, 0.1) is 5.82 Å². The first kappa shape index (κ1) is 12.5. The van der Waals surface area contributed by atoms with E-state index in [4.69, 9.17) is 23.8 Å². The highest BCUT2D eigenvalue weighted by Gasteiger charge is 2.21. The van der Waals surface area contributed by atoms with Crippen LogP contribution in [0.1, 0.15) is 6.92 Å². The van der Waals surface area contributed by atoms with Gasteiger partial charge in [-0.2, -0.15) is 0 Å². The van der Waals surface area contributed by atoms with Gasteiger partial charge in [-0.1, -0.05) is 18.5 Å². The fourth-order valence-corrected chi connectivity index (χ4v) is 2.06. The van der Waals surface area contributed by atoms with Crippen LogP contribution in [0.2, 0.25) is 5.02 Å². The minimum Gasteiger partial charge on any atom is -0.349 e. The molecule has 0 atom stereocenters. The summed E-state index contributed by atoms with van der Waals surface area (Å²) in [4.78, 5) is 4.07. The third kappa shape index (κ3) is 2.68. The molecule has 1 aliphatic rings. The van der Waals surface area contributed by atoms with Crippen molar-refractivity contribution < 1.29 is 4.39 Å². The predicted octanol–water partition coefficient (Wildman–Crippen LogP) is 2.41. The van der Waals surface area contributed by atoms with Gasteiger partial charge < -0.3 is 10.2 Å². The molecule has 2 rings (SSSR count). The van der Waals surface area contributed by atoms with Crippen molar-refractivity contribution in [3.63, 3.8) is 0 Å². The molecule has 0 aliphatic carbocycles. The summed E-state index contributed by atoms with van der Waals surface area (Å²) in [6.45, 7) is 4.41. The molecule has 1 heterocycles. The number of nitrogens with zero attached hydrogens (tertiary/aromatic N) is 2. The smallest absolute Gasteiger partial charge is 0.175 e. The van der Waals surface area contributed by atoms with E-state index in [0.29, 0.717) is 11.8 Å². The molecular weight excluding hydrogens is 261 g/mol. The molecule has 1 N–H and O–H groups in total. The average molecular weight is 274 g/mol. The molecule has 1 aromatic carbocycles. The second kappa shape index (κ2) is 5.16. The van der Waals surface area contributed by atoms with Gasteiger partial charge >= 0.3 is 0 Å². The van der Waals surface area contributed by atoms with E-state index in [0.717, 1.165) is 18.9 Å². The van der Waals surface area contributed by atoms with Crippen LogP contribution in [0.3, 0.4) is 0 Å². The number of hydrogen-bond donors (Lipinski definition) is 1. The molecule has 17 heavy (non-hydrogen) atoms. The minimum atomic E-state index is -0.418. The fourth-order valence-electron chi connectivity index (χ4n) is 1.65. The Bertz CT molecular complexity index is 441. The van der Waals surface area contributed by atoms with Crippen LogP contribution in [-0.2, 0) is 0 Å². The van der Waals surface area contributed by atoms with Gasteiger partial charge in [-0.15, -0.1) is 0 Å². The van der Waals surface area contributed by atoms with Crippen molar-refractivity contribution in [2.24, 2.45) is 0 Å². The molecule has 1 aromatic rings. The van der Waals surface area contributed by atoms with Crippen molar-refractivity contribution in [3.05, 3.63) is 29.0 Å². The van der Waals surface area contributed by atoms with Crippen molar-refractivity contribution >= 4 is 34.6 Å². The summed E-state index contributed by atoms with van der Waals surface area (Å²) in [5, 5.41) is 3.86. The summed E-state index contributed by atoms with van der Waals surface area (Å²) in [6.07, 6.45) is 0. The molecule has 6 heteroatoms. The molecule has 1 aliphatic heterocycles. The van der Waals surface area contributed by atoms with Crippen molar-refractivity contribution in [2.45, 2.75) is 6.92 Å². The Morgan fingerprint density at radius 1 is 1.53 bits per heavy atom. The Morgan fingerprint density at radius 3 is 2.94 bits per heavy atom. The molecule has 1 fully saturated rings. The van der Waals surface area contributed by atoms with Gasteiger partial charge in [0.05, 0.1) is 18.4 Å². The zero-order valence-corrected chi connectivity index (χ0v) is 11.0. The number of benzene rings is 1. The number of nitrogens with one attached hydrogen (secondary N) is 1. The summed E-state index contributed by atoms with van der Waals surface area (Å²) in [5.74, 6) is -0.418. The number of halogens is 2. The summed E-state index contributed by atoms with van der Waals surface area (Å²) >= 11 is 11.0. The number of thiocarbonyl (C=S) groups is 1. The van der Waals surface area contributed by atoms with E-state index in [2.05, 4.69) is 17.1 Å².